The summed E-state index contributed by atoms with van der Waals surface area (Å²) >= 11 is 0. The number of hydrogen-bond acceptors (Lipinski definition) is 4. The zero-order chi connectivity index (χ0) is 11.4. The smallest absolute Gasteiger partial charge is 0.152 e. The average molecular weight is 221 g/mol. The summed E-state index contributed by atoms with van der Waals surface area (Å²) in [7, 11) is 0. The third-order valence-electron chi connectivity index (χ3n) is 2.36. The summed E-state index contributed by atoms with van der Waals surface area (Å²) in [5.41, 5.74) is 0.609. The van der Waals surface area contributed by atoms with Crippen molar-refractivity contribution < 1.29 is 9.28 Å². The maximum Gasteiger partial charge on any atom is 0.152 e. The minimum atomic E-state index is 0.0465. The van der Waals surface area contributed by atoms with Crippen LogP contribution in [0.2, 0.25) is 0 Å². The van der Waals surface area contributed by atoms with E-state index in [-0.39, 0.29) is 12.2 Å². The van der Waals surface area contributed by atoms with Crippen LogP contribution in [0.4, 0.5) is 10.2 Å². The van der Waals surface area contributed by atoms with Crippen molar-refractivity contribution in [3.63, 3.8) is 0 Å². The van der Waals surface area contributed by atoms with Crippen molar-refractivity contribution >= 4 is 17.8 Å². The molecule has 4 nitrogen and oxygen atoms in total. The first kappa shape index (κ1) is 10.6. The molecule has 84 valence electrons. The fourth-order valence-electron chi connectivity index (χ4n) is 1.58. The molecular weight excluding hydrogens is 209 g/mol. The highest BCUT2D eigenvalue weighted by Gasteiger charge is 2.14. The molecule has 1 heterocycles. The Labute approximate surface area is 92.7 Å². The van der Waals surface area contributed by atoms with E-state index in [4.69, 9.17) is 0 Å². The van der Waals surface area contributed by atoms with E-state index in [0.29, 0.717) is 29.4 Å². The third kappa shape index (κ3) is 2.18. The number of carbonyl (C=O) groups is 1. The van der Waals surface area contributed by atoms with Gasteiger partial charge in [0.25, 0.3) is 0 Å². The minimum Gasteiger partial charge on any atom is -0.370 e. The molecule has 1 aromatic carbocycles. The number of rotatable bonds is 4. The monoisotopic (exact) mass is 221 g/mol. The summed E-state index contributed by atoms with van der Waals surface area (Å²) in [4.78, 5) is 14.8. The Kier molecular flexibility index (Phi) is 3.14. The van der Waals surface area contributed by atoms with Gasteiger partial charge in [0.2, 0.25) is 0 Å². The van der Waals surface area contributed by atoms with Crippen LogP contribution < -0.4 is 10.4 Å². The number of nitrogens with zero attached hydrogens (tertiary/aromatic N) is 2. The van der Waals surface area contributed by atoms with Gasteiger partial charge in [-0.3, -0.25) is 9.79 Å². The fraction of sp³-hybridized carbons (Fsp3) is 0.273. The summed E-state index contributed by atoms with van der Waals surface area (Å²) in [5.74, 6) is 0.614. The number of benzene rings is 1. The standard InChI is InChI=1S/C11H12FN3O/c12-15(7-11-13-5-6-14-11)10-4-2-1-3-9(10)8-16/h1-4,8H,5-7H2,(H,13,14). The number of aliphatic imine (C=N–C) groups is 1. The molecule has 0 aromatic heterocycles. The van der Waals surface area contributed by atoms with Crippen LogP contribution in [-0.4, -0.2) is 31.8 Å². The summed E-state index contributed by atoms with van der Waals surface area (Å²) < 4.78 is 13.8. The first-order valence-corrected chi connectivity index (χ1v) is 5.06. The summed E-state index contributed by atoms with van der Waals surface area (Å²) in [6.07, 6.45) is 0.645. The van der Waals surface area contributed by atoms with Gasteiger partial charge >= 0.3 is 0 Å². The molecule has 0 aliphatic carbocycles. The van der Waals surface area contributed by atoms with Gasteiger partial charge in [-0.1, -0.05) is 16.6 Å². The van der Waals surface area contributed by atoms with Gasteiger partial charge < -0.3 is 5.32 Å². The maximum atomic E-state index is 13.8. The Bertz CT molecular complexity index is 419. The Hall–Kier alpha value is -1.91. The number of halogens is 1. The van der Waals surface area contributed by atoms with Crippen LogP contribution in [0.25, 0.3) is 0 Å². The van der Waals surface area contributed by atoms with Crippen molar-refractivity contribution in [2.24, 2.45) is 4.99 Å². The molecule has 0 atom stereocenters. The second-order valence-electron chi connectivity index (χ2n) is 3.45. The largest absolute Gasteiger partial charge is 0.370 e. The average Bonchev–Trinajstić information content (AvgIpc) is 2.81. The van der Waals surface area contributed by atoms with Gasteiger partial charge in [-0.05, 0) is 12.1 Å². The Morgan fingerprint density at radius 2 is 2.31 bits per heavy atom. The first-order chi connectivity index (χ1) is 7.81. The van der Waals surface area contributed by atoms with E-state index in [2.05, 4.69) is 10.3 Å². The van der Waals surface area contributed by atoms with Crippen LogP contribution in [0, 0.1) is 0 Å². The molecule has 0 radical (unpaired) electrons. The number of amidine groups is 1. The summed E-state index contributed by atoms with van der Waals surface area (Å²) in [6.45, 7) is 1.47. The number of carbonyl (C=O) groups excluding carboxylic acids is 1. The van der Waals surface area contributed by atoms with Crippen molar-refractivity contribution in [3.05, 3.63) is 29.8 Å². The van der Waals surface area contributed by atoms with E-state index in [1.807, 2.05) is 0 Å². The molecule has 0 unspecified atom stereocenters. The topological polar surface area (TPSA) is 44.7 Å². The van der Waals surface area contributed by atoms with E-state index in [1.165, 1.54) is 0 Å². The molecule has 0 spiro atoms. The van der Waals surface area contributed by atoms with Gasteiger partial charge in [0, 0.05) is 12.1 Å². The quantitative estimate of drug-likeness (QED) is 0.613. The molecule has 0 bridgehead atoms. The lowest BCUT2D eigenvalue weighted by molar-refractivity contribution is 0.112. The minimum absolute atomic E-state index is 0.0465. The van der Waals surface area contributed by atoms with Gasteiger partial charge in [0.05, 0.1) is 12.2 Å². The van der Waals surface area contributed by atoms with Crippen LogP contribution in [0.3, 0.4) is 0 Å². The molecule has 5 heteroatoms. The highest BCUT2D eigenvalue weighted by atomic mass is 19.2. The van der Waals surface area contributed by atoms with Gasteiger partial charge in [0.15, 0.2) is 6.29 Å². The maximum absolute atomic E-state index is 13.8. The number of aldehydes is 1. The lowest BCUT2D eigenvalue weighted by Gasteiger charge is -2.15. The van der Waals surface area contributed by atoms with Crippen molar-refractivity contribution in [1.82, 2.24) is 5.32 Å². The Morgan fingerprint density at radius 1 is 1.50 bits per heavy atom. The predicted octanol–water partition coefficient (Wildman–Crippen LogP) is 1.19. The fourth-order valence-corrected chi connectivity index (χ4v) is 1.58. The van der Waals surface area contributed by atoms with Crippen LogP contribution >= 0.6 is 0 Å². The van der Waals surface area contributed by atoms with Crippen LogP contribution in [0.15, 0.2) is 29.3 Å². The third-order valence-corrected chi connectivity index (χ3v) is 2.36. The normalized spacial score (nSPS) is 14.2. The zero-order valence-electron chi connectivity index (χ0n) is 8.69. The van der Waals surface area contributed by atoms with E-state index < -0.39 is 0 Å². The molecule has 1 aliphatic heterocycles. The van der Waals surface area contributed by atoms with E-state index in [1.54, 1.807) is 24.3 Å². The number of nitrogens with one attached hydrogen (secondary N) is 1. The Morgan fingerprint density at radius 3 is 3.00 bits per heavy atom. The molecule has 0 saturated carbocycles. The molecule has 0 fully saturated rings. The van der Waals surface area contributed by atoms with E-state index in [9.17, 15) is 9.28 Å². The van der Waals surface area contributed by atoms with E-state index in [0.717, 1.165) is 6.54 Å². The lowest BCUT2D eigenvalue weighted by Crippen LogP contribution is -2.30. The van der Waals surface area contributed by atoms with Crippen LogP contribution in [0.1, 0.15) is 10.4 Å². The van der Waals surface area contributed by atoms with Crippen molar-refractivity contribution in [1.29, 1.82) is 0 Å². The number of para-hydroxylation sites is 1. The molecule has 0 saturated heterocycles. The molecular formula is C11H12FN3O. The van der Waals surface area contributed by atoms with Crippen molar-refractivity contribution in [2.75, 3.05) is 24.8 Å². The van der Waals surface area contributed by atoms with Crippen molar-refractivity contribution in [2.45, 2.75) is 0 Å². The second-order valence-corrected chi connectivity index (χ2v) is 3.45. The van der Waals surface area contributed by atoms with Gasteiger partial charge in [-0.15, -0.1) is 0 Å². The number of anilines is 1. The molecule has 1 aliphatic rings. The number of hydrogen-bond donors (Lipinski definition) is 1. The second kappa shape index (κ2) is 4.74. The van der Waals surface area contributed by atoms with Gasteiger partial charge in [-0.2, -0.15) is 0 Å². The van der Waals surface area contributed by atoms with E-state index >= 15 is 0 Å². The predicted molar refractivity (Wildman–Crippen MR) is 60.6 cm³/mol. The molecule has 0 amide bonds. The van der Waals surface area contributed by atoms with Crippen LogP contribution in [0.5, 0.6) is 0 Å². The van der Waals surface area contributed by atoms with Crippen LogP contribution in [-0.2, 0) is 0 Å². The molecule has 1 aromatic rings. The lowest BCUT2D eigenvalue weighted by atomic mass is 10.2. The van der Waals surface area contributed by atoms with Crippen molar-refractivity contribution in [3.8, 4) is 0 Å². The first-order valence-electron chi connectivity index (χ1n) is 5.06. The SMILES string of the molecule is O=Cc1ccccc1N(F)CC1=NCCN1. The van der Waals surface area contributed by atoms with Gasteiger partial charge in [0.1, 0.15) is 12.4 Å². The summed E-state index contributed by atoms with van der Waals surface area (Å²) in [6, 6.07) is 6.54. The summed E-state index contributed by atoms with van der Waals surface area (Å²) in [5, 5.41) is 3.50. The zero-order valence-corrected chi connectivity index (χ0v) is 8.69. The molecule has 1 N–H and O–H groups in total. The Balaban J connectivity index is 2.13. The van der Waals surface area contributed by atoms with Gasteiger partial charge in [-0.25, -0.2) is 5.12 Å². The highest BCUT2D eigenvalue weighted by Crippen LogP contribution is 2.18. The highest BCUT2D eigenvalue weighted by molar-refractivity contribution is 5.90. The molecule has 16 heavy (non-hydrogen) atoms. The molecule has 2 rings (SSSR count).